The van der Waals surface area contributed by atoms with Crippen molar-refractivity contribution in [2.75, 3.05) is 33.4 Å². The lowest BCUT2D eigenvalue weighted by molar-refractivity contribution is -0.0753. The average Bonchev–Trinajstić information content (AvgIpc) is 3.82. The lowest BCUT2D eigenvalue weighted by Crippen LogP contribution is -2.57. The number of carbonyl (C=O) groups is 1. The van der Waals surface area contributed by atoms with Gasteiger partial charge in [-0.25, -0.2) is 14.8 Å². The molecule has 14 heteroatoms. The number of thiophene rings is 1. The first-order valence-electron chi connectivity index (χ1n) is 14.8. The molecule has 5 aromatic rings. The number of ether oxygens (including phenoxy) is 3. The molecular weight excluding hydrogens is 600 g/mol. The molecule has 0 saturated carbocycles. The van der Waals surface area contributed by atoms with Crippen molar-refractivity contribution in [2.24, 2.45) is 0 Å². The maximum Gasteiger partial charge on any atom is 0.332 e. The molecule has 0 bridgehead atoms. The number of imidazole rings is 1. The van der Waals surface area contributed by atoms with Crippen LogP contribution < -0.4 is 16.0 Å². The topological polar surface area (TPSA) is 147 Å². The first-order chi connectivity index (χ1) is 21.9. The van der Waals surface area contributed by atoms with Crippen LogP contribution in [0, 0.1) is 6.92 Å². The molecule has 2 fully saturated rings. The van der Waals surface area contributed by atoms with Gasteiger partial charge in [0.2, 0.25) is 5.89 Å². The Labute approximate surface area is 261 Å². The van der Waals surface area contributed by atoms with E-state index in [1.807, 2.05) is 31.2 Å². The summed E-state index contributed by atoms with van der Waals surface area (Å²) in [5.41, 5.74) is 0.585. The van der Waals surface area contributed by atoms with Crippen LogP contribution in [0.25, 0.3) is 21.0 Å². The molecule has 2 saturated heterocycles. The number of nitrogens with one attached hydrogen (secondary N) is 1. The monoisotopic (exact) mass is 632 g/mol. The third-order valence-corrected chi connectivity index (χ3v) is 9.75. The van der Waals surface area contributed by atoms with Crippen molar-refractivity contribution >= 4 is 27.5 Å². The first-order valence-corrected chi connectivity index (χ1v) is 15.6. The van der Waals surface area contributed by atoms with Crippen LogP contribution in [-0.2, 0) is 16.0 Å². The fourth-order valence-electron chi connectivity index (χ4n) is 6.06. The molecule has 6 heterocycles. The van der Waals surface area contributed by atoms with E-state index < -0.39 is 23.4 Å². The first kappa shape index (κ1) is 29.2. The molecule has 1 aromatic carbocycles. The van der Waals surface area contributed by atoms with Gasteiger partial charge in [-0.05, 0) is 31.4 Å². The van der Waals surface area contributed by atoms with Crippen molar-refractivity contribution in [3.63, 3.8) is 0 Å². The highest BCUT2D eigenvalue weighted by atomic mass is 32.1. The van der Waals surface area contributed by atoms with Crippen molar-refractivity contribution in [2.45, 2.75) is 44.6 Å². The van der Waals surface area contributed by atoms with Crippen LogP contribution in [0.1, 0.15) is 46.7 Å². The molecule has 1 atom stereocenters. The Hall–Kier alpha value is -4.53. The van der Waals surface area contributed by atoms with Crippen LogP contribution >= 0.6 is 11.3 Å². The molecule has 1 N–H and O–H groups in total. The Balaban J connectivity index is 1.34. The number of nitrogens with zero attached hydrogens (tertiary/aromatic N) is 5. The van der Waals surface area contributed by atoms with Crippen LogP contribution in [0.15, 0.2) is 63.1 Å². The van der Waals surface area contributed by atoms with Gasteiger partial charge in [0, 0.05) is 44.3 Å². The predicted molar refractivity (Wildman–Crippen MR) is 165 cm³/mol. The third kappa shape index (κ3) is 5.28. The summed E-state index contributed by atoms with van der Waals surface area (Å²) < 4.78 is 26.5. The van der Waals surface area contributed by atoms with E-state index in [-0.39, 0.29) is 37.5 Å². The average molecular weight is 633 g/mol. The lowest BCUT2D eigenvalue weighted by Gasteiger charge is -2.39. The molecule has 1 unspecified atom stereocenters. The number of amides is 1. The highest BCUT2D eigenvalue weighted by Crippen LogP contribution is 2.38. The van der Waals surface area contributed by atoms with Gasteiger partial charge in [-0.1, -0.05) is 18.2 Å². The zero-order valence-electron chi connectivity index (χ0n) is 24.8. The molecule has 2 aliphatic rings. The lowest BCUT2D eigenvalue weighted by atomic mass is 10.1. The van der Waals surface area contributed by atoms with Crippen LogP contribution in [0.4, 0.5) is 0 Å². The number of hydrogen-bond acceptors (Lipinski definition) is 10. The van der Waals surface area contributed by atoms with E-state index in [2.05, 4.69) is 15.0 Å². The van der Waals surface area contributed by atoms with Crippen molar-refractivity contribution < 1.29 is 23.4 Å². The minimum atomic E-state index is -0.567. The van der Waals surface area contributed by atoms with E-state index >= 15 is 0 Å². The van der Waals surface area contributed by atoms with E-state index in [1.54, 1.807) is 29.0 Å². The van der Waals surface area contributed by atoms with Crippen molar-refractivity contribution in [1.29, 1.82) is 0 Å². The number of oxazole rings is 1. The second kappa shape index (κ2) is 12.1. The van der Waals surface area contributed by atoms with E-state index in [4.69, 9.17) is 18.6 Å². The highest BCUT2D eigenvalue weighted by molar-refractivity contribution is 7.22. The number of H-pyrrole nitrogens is 1. The maximum absolute atomic E-state index is 14.4. The quantitative estimate of drug-likeness (QED) is 0.258. The molecular formula is C31H32N6O7S. The zero-order valence-corrected chi connectivity index (χ0v) is 25.6. The summed E-state index contributed by atoms with van der Waals surface area (Å²) in [5.74, 6) is 0.936. The zero-order chi connectivity index (χ0) is 31.1. The Morgan fingerprint density at radius 1 is 1.16 bits per heavy atom. The molecule has 0 spiro atoms. The molecule has 0 aliphatic carbocycles. The minimum Gasteiger partial charge on any atom is -0.496 e. The van der Waals surface area contributed by atoms with E-state index in [1.165, 1.54) is 28.4 Å². The van der Waals surface area contributed by atoms with Crippen LogP contribution in [-0.4, -0.2) is 74.4 Å². The summed E-state index contributed by atoms with van der Waals surface area (Å²) in [4.78, 5) is 55.3. The Kier molecular flexibility index (Phi) is 7.85. The van der Waals surface area contributed by atoms with Gasteiger partial charge in [0.05, 0.1) is 42.3 Å². The Morgan fingerprint density at radius 3 is 2.67 bits per heavy atom. The Bertz CT molecular complexity index is 1930. The van der Waals surface area contributed by atoms with E-state index in [0.29, 0.717) is 45.5 Å². The summed E-state index contributed by atoms with van der Waals surface area (Å²) >= 11 is 1.29. The number of methoxy groups -OCH3 is 1. The van der Waals surface area contributed by atoms with E-state index in [9.17, 15) is 14.4 Å². The third-order valence-electron chi connectivity index (χ3n) is 8.44. The van der Waals surface area contributed by atoms with Gasteiger partial charge in [-0.2, -0.15) is 0 Å². The number of fused-ring (bicyclic) bond motifs is 1. The van der Waals surface area contributed by atoms with Gasteiger partial charge in [0.15, 0.2) is 5.82 Å². The number of hydrogen-bond donors (Lipinski definition) is 1. The number of aromatic amines is 1. The largest absolute Gasteiger partial charge is 0.496 e. The van der Waals surface area contributed by atoms with Crippen LogP contribution in [0.2, 0.25) is 0 Å². The molecule has 234 valence electrons. The molecule has 1 amide bonds. The Morgan fingerprint density at radius 2 is 1.96 bits per heavy atom. The second-order valence-electron chi connectivity index (χ2n) is 11.1. The van der Waals surface area contributed by atoms with E-state index in [0.717, 1.165) is 18.4 Å². The highest BCUT2D eigenvalue weighted by Gasteiger charge is 2.37. The van der Waals surface area contributed by atoms with Gasteiger partial charge < -0.3 is 28.5 Å². The number of para-hydroxylation sites is 1. The smallest absolute Gasteiger partial charge is 0.332 e. The second-order valence-corrected chi connectivity index (χ2v) is 12.1. The summed E-state index contributed by atoms with van der Waals surface area (Å²) in [6.07, 6.45) is 6.91. The number of benzene rings is 1. The fourth-order valence-corrected chi connectivity index (χ4v) is 7.30. The summed E-state index contributed by atoms with van der Waals surface area (Å²) in [6.45, 7) is 3.55. The van der Waals surface area contributed by atoms with Gasteiger partial charge in [-0.15, -0.1) is 11.3 Å². The maximum atomic E-state index is 14.4. The minimum absolute atomic E-state index is 0.0773. The molecule has 7 rings (SSSR count). The number of aromatic nitrogens is 5. The normalized spacial score (nSPS) is 16.6. The molecule has 45 heavy (non-hydrogen) atoms. The number of likely N-dealkylation sites (tertiary alicyclic amines) is 1. The van der Waals surface area contributed by atoms with Crippen LogP contribution in [0.5, 0.6) is 5.75 Å². The molecule has 0 radical (unpaired) electrons. The number of rotatable bonds is 9. The SMILES string of the molecule is COc1ccccc1C(Cn1c(=O)n(C2CN(C(=O)c3ncc[nH]3)C2)c(=O)c2c(C)c(-c3ncco3)sc21)OC1CCOCC1. The van der Waals surface area contributed by atoms with Gasteiger partial charge >= 0.3 is 5.69 Å². The molecule has 4 aromatic heterocycles. The number of aryl methyl sites for hydroxylation is 1. The fraction of sp³-hybridized carbons (Fsp3) is 0.387. The predicted octanol–water partition coefficient (Wildman–Crippen LogP) is 3.55. The van der Waals surface area contributed by atoms with Crippen molar-refractivity contribution in [1.82, 2.24) is 29.0 Å². The van der Waals surface area contributed by atoms with Gasteiger partial charge in [0.1, 0.15) is 22.9 Å². The van der Waals surface area contributed by atoms with Crippen LogP contribution in [0.3, 0.4) is 0 Å². The molecule has 13 nitrogen and oxygen atoms in total. The van der Waals surface area contributed by atoms with Crippen molar-refractivity contribution in [3.05, 3.63) is 86.9 Å². The number of carbonyl (C=O) groups excluding carboxylic acids is 1. The summed E-state index contributed by atoms with van der Waals surface area (Å²) in [5, 5.41) is 0.411. The summed E-state index contributed by atoms with van der Waals surface area (Å²) in [7, 11) is 1.60. The summed E-state index contributed by atoms with van der Waals surface area (Å²) in [6, 6.07) is 7.08. The van der Waals surface area contributed by atoms with Gasteiger partial charge in [0.25, 0.3) is 11.5 Å². The van der Waals surface area contributed by atoms with Crippen molar-refractivity contribution in [3.8, 4) is 16.5 Å². The molecule has 2 aliphatic heterocycles. The van der Waals surface area contributed by atoms with Gasteiger partial charge in [-0.3, -0.25) is 18.7 Å². The standard InChI is InChI=1S/C31H32N6O7S/c1-18-24-28(38)37(19-15-35(16-19)29(39)26-32-9-10-33-26)31(40)36(30(24)45-25(18)27-34-11-14-43-27)17-23(44-20-7-12-42-13-8-20)21-5-3-4-6-22(21)41-2/h3-6,9-11,14,19-20,23H,7-8,12-13,15-17H2,1-2H3,(H,32,33).